The lowest BCUT2D eigenvalue weighted by molar-refractivity contribution is -0.128. The number of benzene rings is 1. The molecular weight excluding hydrogens is 326 g/mol. The molecular formula is C18H18ClN3O2. The van der Waals surface area contributed by atoms with Crippen LogP contribution in [0.1, 0.15) is 18.4 Å². The van der Waals surface area contributed by atoms with E-state index < -0.39 is 0 Å². The molecule has 124 valence electrons. The Kier molecular flexibility index (Phi) is 5.43. The number of nitrogens with zero attached hydrogens (tertiary/aromatic N) is 3. The van der Waals surface area contributed by atoms with Crippen LogP contribution < -0.4 is 4.74 Å². The number of ether oxygens (including phenoxy) is 1. The van der Waals surface area contributed by atoms with Crippen LogP contribution in [0.4, 0.5) is 0 Å². The van der Waals surface area contributed by atoms with Crippen molar-refractivity contribution >= 4 is 23.6 Å². The number of carbonyl (C=O) groups excluding carboxylic acids is 1. The Bertz CT molecular complexity index is 704. The van der Waals surface area contributed by atoms with Gasteiger partial charge in [0, 0.05) is 12.6 Å². The van der Waals surface area contributed by atoms with Gasteiger partial charge in [-0.1, -0.05) is 41.9 Å². The van der Waals surface area contributed by atoms with Crippen LogP contribution >= 0.6 is 11.6 Å². The van der Waals surface area contributed by atoms with Gasteiger partial charge in [-0.25, -0.2) is 9.97 Å². The molecule has 1 saturated heterocycles. The number of amides is 1. The normalized spacial score (nSPS) is 17.9. The average Bonchev–Trinajstić information content (AvgIpc) is 2.63. The van der Waals surface area contributed by atoms with Gasteiger partial charge in [0.2, 0.25) is 5.91 Å². The zero-order chi connectivity index (χ0) is 16.8. The van der Waals surface area contributed by atoms with Crippen molar-refractivity contribution in [2.75, 3.05) is 13.1 Å². The van der Waals surface area contributed by atoms with Gasteiger partial charge >= 0.3 is 6.01 Å². The molecule has 2 aromatic rings. The fourth-order valence-corrected chi connectivity index (χ4v) is 2.68. The molecule has 1 aromatic carbocycles. The molecule has 1 atom stereocenters. The lowest BCUT2D eigenvalue weighted by Crippen LogP contribution is -2.43. The molecule has 0 N–H and O–H groups in total. The quantitative estimate of drug-likeness (QED) is 0.800. The van der Waals surface area contributed by atoms with Crippen molar-refractivity contribution in [3.8, 4) is 6.01 Å². The van der Waals surface area contributed by atoms with E-state index in [0.717, 1.165) is 24.9 Å². The first kappa shape index (κ1) is 16.5. The minimum atomic E-state index is -0.103. The number of aromatic nitrogens is 2. The molecule has 0 saturated carbocycles. The fourth-order valence-electron chi connectivity index (χ4n) is 2.58. The van der Waals surface area contributed by atoms with E-state index in [1.807, 2.05) is 36.4 Å². The Balaban J connectivity index is 1.57. The van der Waals surface area contributed by atoms with E-state index >= 15 is 0 Å². The molecule has 5 nitrogen and oxygen atoms in total. The lowest BCUT2D eigenvalue weighted by atomic mass is 10.1. The number of likely N-dealkylation sites (tertiary alicyclic amines) is 1. The van der Waals surface area contributed by atoms with Crippen LogP contribution in [0, 0.1) is 0 Å². The third-order valence-corrected chi connectivity index (χ3v) is 3.97. The monoisotopic (exact) mass is 343 g/mol. The van der Waals surface area contributed by atoms with E-state index in [9.17, 15) is 4.79 Å². The van der Waals surface area contributed by atoms with Crippen LogP contribution in [0.2, 0.25) is 5.02 Å². The Morgan fingerprint density at radius 3 is 2.75 bits per heavy atom. The summed E-state index contributed by atoms with van der Waals surface area (Å²) in [7, 11) is 0. The van der Waals surface area contributed by atoms with Gasteiger partial charge in [0.1, 0.15) is 6.10 Å². The molecule has 24 heavy (non-hydrogen) atoms. The van der Waals surface area contributed by atoms with Crippen LogP contribution in [0.25, 0.3) is 6.08 Å². The zero-order valence-corrected chi connectivity index (χ0v) is 13.9. The van der Waals surface area contributed by atoms with Gasteiger partial charge in [-0.3, -0.25) is 4.79 Å². The van der Waals surface area contributed by atoms with Crippen molar-refractivity contribution in [3.05, 3.63) is 59.4 Å². The van der Waals surface area contributed by atoms with E-state index in [4.69, 9.17) is 16.3 Å². The highest BCUT2D eigenvalue weighted by Gasteiger charge is 2.24. The van der Waals surface area contributed by atoms with Crippen LogP contribution in [0.3, 0.4) is 0 Å². The molecule has 1 amide bonds. The minimum absolute atomic E-state index is 0.0100. The summed E-state index contributed by atoms with van der Waals surface area (Å²) in [5, 5.41) is 0.467. The number of halogens is 1. The standard InChI is InChI=1S/C18H18ClN3O2/c19-15-11-20-18(21-12-15)24-16-7-4-10-22(13-16)17(23)9-8-14-5-2-1-3-6-14/h1-3,5-6,8-9,11-12,16H,4,7,10,13H2/b9-8+/t16-/m1/s1. The first-order valence-corrected chi connectivity index (χ1v) is 8.25. The van der Waals surface area contributed by atoms with Gasteiger partial charge in [0.05, 0.1) is 24.0 Å². The van der Waals surface area contributed by atoms with Gasteiger partial charge in [-0.05, 0) is 24.5 Å². The van der Waals surface area contributed by atoms with E-state index in [-0.39, 0.29) is 12.0 Å². The summed E-state index contributed by atoms with van der Waals surface area (Å²) in [6, 6.07) is 10.1. The van der Waals surface area contributed by atoms with Gasteiger partial charge in [0.15, 0.2) is 0 Å². The van der Waals surface area contributed by atoms with Gasteiger partial charge in [-0.15, -0.1) is 0 Å². The second-order valence-electron chi connectivity index (χ2n) is 5.59. The maximum absolute atomic E-state index is 12.3. The first-order chi connectivity index (χ1) is 11.7. The number of hydrogen-bond acceptors (Lipinski definition) is 4. The SMILES string of the molecule is O=C(/C=C/c1ccccc1)N1CCC[C@@H](Oc2ncc(Cl)cn2)C1. The van der Waals surface area contributed by atoms with Crippen molar-refractivity contribution in [1.29, 1.82) is 0 Å². The number of piperidine rings is 1. The molecule has 0 aliphatic carbocycles. The van der Waals surface area contributed by atoms with E-state index in [2.05, 4.69) is 9.97 Å². The van der Waals surface area contributed by atoms with E-state index in [1.165, 1.54) is 12.4 Å². The molecule has 1 fully saturated rings. The fraction of sp³-hybridized carbons (Fsp3) is 0.278. The van der Waals surface area contributed by atoms with Crippen LogP contribution in [-0.4, -0.2) is 40.0 Å². The maximum atomic E-state index is 12.3. The topological polar surface area (TPSA) is 55.3 Å². The third kappa shape index (κ3) is 4.55. The highest BCUT2D eigenvalue weighted by atomic mass is 35.5. The molecule has 0 radical (unpaired) electrons. The van der Waals surface area contributed by atoms with Crippen LogP contribution in [-0.2, 0) is 4.79 Å². The predicted octanol–water partition coefficient (Wildman–Crippen LogP) is 3.21. The van der Waals surface area contributed by atoms with Crippen LogP contribution in [0.5, 0.6) is 6.01 Å². The number of hydrogen-bond donors (Lipinski definition) is 0. The highest BCUT2D eigenvalue weighted by Crippen LogP contribution is 2.16. The molecule has 1 aliphatic rings. The first-order valence-electron chi connectivity index (χ1n) is 7.87. The summed E-state index contributed by atoms with van der Waals surface area (Å²) >= 11 is 5.76. The van der Waals surface area contributed by atoms with Gasteiger partial charge in [0.25, 0.3) is 0 Å². The van der Waals surface area contributed by atoms with Crippen molar-refractivity contribution < 1.29 is 9.53 Å². The van der Waals surface area contributed by atoms with Crippen molar-refractivity contribution in [3.63, 3.8) is 0 Å². The molecule has 2 heterocycles. The summed E-state index contributed by atoms with van der Waals surface area (Å²) in [6.07, 6.45) is 8.10. The summed E-state index contributed by atoms with van der Waals surface area (Å²) in [5.74, 6) is -0.0100. The van der Waals surface area contributed by atoms with Crippen molar-refractivity contribution in [2.45, 2.75) is 18.9 Å². The molecule has 1 aromatic heterocycles. The van der Waals surface area contributed by atoms with E-state index in [0.29, 0.717) is 17.6 Å². The Labute approximate surface area is 145 Å². The Morgan fingerprint density at radius 2 is 2.00 bits per heavy atom. The molecule has 0 bridgehead atoms. The van der Waals surface area contributed by atoms with Gasteiger partial charge in [-0.2, -0.15) is 0 Å². The second-order valence-corrected chi connectivity index (χ2v) is 6.03. The third-order valence-electron chi connectivity index (χ3n) is 3.78. The van der Waals surface area contributed by atoms with Gasteiger partial charge < -0.3 is 9.64 Å². The summed E-state index contributed by atoms with van der Waals surface area (Å²) in [5.41, 5.74) is 1.00. The zero-order valence-electron chi connectivity index (χ0n) is 13.1. The Morgan fingerprint density at radius 1 is 1.25 bits per heavy atom. The predicted molar refractivity (Wildman–Crippen MR) is 92.7 cm³/mol. The molecule has 0 unspecified atom stereocenters. The van der Waals surface area contributed by atoms with Crippen molar-refractivity contribution in [1.82, 2.24) is 14.9 Å². The smallest absolute Gasteiger partial charge is 0.316 e. The minimum Gasteiger partial charge on any atom is -0.458 e. The number of rotatable bonds is 4. The average molecular weight is 344 g/mol. The molecule has 3 rings (SSSR count). The molecule has 6 heteroatoms. The van der Waals surface area contributed by atoms with Crippen molar-refractivity contribution in [2.24, 2.45) is 0 Å². The Hall–Kier alpha value is -2.40. The molecule has 0 spiro atoms. The number of carbonyl (C=O) groups is 1. The maximum Gasteiger partial charge on any atom is 0.316 e. The highest BCUT2D eigenvalue weighted by molar-refractivity contribution is 6.30. The lowest BCUT2D eigenvalue weighted by Gasteiger charge is -2.31. The van der Waals surface area contributed by atoms with E-state index in [1.54, 1.807) is 11.0 Å². The van der Waals surface area contributed by atoms with Crippen LogP contribution in [0.15, 0.2) is 48.8 Å². The summed E-state index contributed by atoms with van der Waals surface area (Å²) in [6.45, 7) is 1.27. The second kappa shape index (κ2) is 7.93. The molecule has 1 aliphatic heterocycles. The summed E-state index contributed by atoms with van der Waals surface area (Å²) < 4.78 is 5.75. The summed E-state index contributed by atoms with van der Waals surface area (Å²) in [4.78, 5) is 22.2. The largest absolute Gasteiger partial charge is 0.458 e.